The summed E-state index contributed by atoms with van der Waals surface area (Å²) >= 11 is 0. The molecule has 33 heavy (non-hydrogen) atoms. The van der Waals surface area contributed by atoms with Gasteiger partial charge in [-0.15, -0.1) is 0 Å². The number of carbonyl (C=O) groups is 2. The van der Waals surface area contributed by atoms with Gasteiger partial charge in [-0.2, -0.15) is 0 Å². The van der Waals surface area contributed by atoms with E-state index >= 15 is 0 Å². The number of amides is 2. The van der Waals surface area contributed by atoms with Gasteiger partial charge >= 0.3 is 0 Å². The Morgan fingerprint density at radius 2 is 1.58 bits per heavy atom. The molecule has 0 aromatic heterocycles. The number of phenols is 1. The third kappa shape index (κ3) is 5.28. The lowest BCUT2D eigenvalue weighted by molar-refractivity contribution is -0.137. The molecule has 1 saturated heterocycles. The molecule has 0 bridgehead atoms. The second-order valence-corrected chi connectivity index (χ2v) is 8.95. The molecule has 1 aliphatic rings. The van der Waals surface area contributed by atoms with Gasteiger partial charge in [-0.3, -0.25) is 9.59 Å². The molecule has 1 atom stereocenters. The van der Waals surface area contributed by atoms with Crippen LogP contribution in [0.5, 0.6) is 5.75 Å². The SMILES string of the molecule is CC(C)C(NC(=O)Cc1ccc2ccccc2c1)C(=O)N1CCN(c2ccccc2O)CC1. The number of para-hydroxylation sites is 2. The molecule has 4 rings (SSSR count). The average molecular weight is 446 g/mol. The Morgan fingerprint density at radius 1 is 0.909 bits per heavy atom. The van der Waals surface area contributed by atoms with Gasteiger partial charge in [0.2, 0.25) is 11.8 Å². The highest BCUT2D eigenvalue weighted by Gasteiger charge is 2.31. The van der Waals surface area contributed by atoms with Crippen LogP contribution >= 0.6 is 0 Å². The first kappa shape index (κ1) is 22.6. The van der Waals surface area contributed by atoms with E-state index in [1.807, 2.05) is 73.3 Å². The maximum absolute atomic E-state index is 13.3. The van der Waals surface area contributed by atoms with Crippen molar-refractivity contribution in [1.29, 1.82) is 0 Å². The zero-order valence-electron chi connectivity index (χ0n) is 19.2. The van der Waals surface area contributed by atoms with Gasteiger partial charge in [0.15, 0.2) is 0 Å². The topological polar surface area (TPSA) is 72.9 Å². The molecule has 0 radical (unpaired) electrons. The molecule has 6 nitrogen and oxygen atoms in total. The van der Waals surface area contributed by atoms with Crippen LogP contribution in [0.2, 0.25) is 0 Å². The number of nitrogens with one attached hydrogen (secondary N) is 1. The summed E-state index contributed by atoms with van der Waals surface area (Å²) in [5.41, 5.74) is 1.71. The molecule has 3 aromatic carbocycles. The molecule has 0 spiro atoms. The Bertz CT molecular complexity index is 1140. The summed E-state index contributed by atoms with van der Waals surface area (Å²) in [6.45, 7) is 6.29. The minimum Gasteiger partial charge on any atom is -0.506 e. The molecule has 172 valence electrons. The number of hydrogen-bond acceptors (Lipinski definition) is 4. The maximum atomic E-state index is 13.3. The predicted molar refractivity (Wildman–Crippen MR) is 131 cm³/mol. The molecular weight excluding hydrogens is 414 g/mol. The Balaban J connectivity index is 1.37. The van der Waals surface area contributed by atoms with Crippen molar-refractivity contribution < 1.29 is 14.7 Å². The molecule has 1 heterocycles. The van der Waals surface area contributed by atoms with Crippen LogP contribution in [-0.4, -0.2) is 54.0 Å². The van der Waals surface area contributed by atoms with E-state index in [9.17, 15) is 14.7 Å². The van der Waals surface area contributed by atoms with Crippen molar-refractivity contribution in [2.75, 3.05) is 31.1 Å². The van der Waals surface area contributed by atoms with E-state index in [0.717, 1.165) is 22.0 Å². The highest BCUT2D eigenvalue weighted by Crippen LogP contribution is 2.27. The van der Waals surface area contributed by atoms with Gasteiger partial charge in [-0.1, -0.05) is 68.4 Å². The van der Waals surface area contributed by atoms with E-state index in [0.29, 0.717) is 26.2 Å². The number of aromatic hydroxyl groups is 1. The molecule has 1 unspecified atom stereocenters. The van der Waals surface area contributed by atoms with Gasteiger partial charge < -0.3 is 20.2 Å². The normalized spacial score (nSPS) is 15.0. The highest BCUT2D eigenvalue weighted by atomic mass is 16.3. The van der Waals surface area contributed by atoms with E-state index in [1.54, 1.807) is 12.1 Å². The number of anilines is 1. The van der Waals surface area contributed by atoms with Crippen LogP contribution in [0, 0.1) is 5.92 Å². The zero-order valence-corrected chi connectivity index (χ0v) is 19.2. The maximum Gasteiger partial charge on any atom is 0.245 e. The molecule has 2 N–H and O–H groups in total. The summed E-state index contributed by atoms with van der Waals surface area (Å²) in [5.74, 6) is 0.0338. The number of fused-ring (bicyclic) bond motifs is 1. The number of hydrogen-bond donors (Lipinski definition) is 2. The van der Waals surface area contributed by atoms with Crippen molar-refractivity contribution in [1.82, 2.24) is 10.2 Å². The third-order valence-corrected chi connectivity index (χ3v) is 6.24. The lowest BCUT2D eigenvalue weighted by atomic mass is 10.0. The Morgan fingerprint density at radius 3 is 2.27 bits per heavy atom. The van der Waals surface area contributed by atoms with Crippen LogP contribution in [0.25, 0.3) is 10.8 Å². The number of benzene rings is 3. The summed E-state index contributed by atoms with van der Waals surface area (Å²) in [6, 6.07) is 20.8. The second kappa shape index (κ2) is 9.94. The van der Waals surface area contributed by atoms with Crippen molar-refractivity contribution in [3.63, 3.8) is 0 Å². The van der Waals surface area contributed by atoms with Crippen LogP contribution in [0.4, 0.5) is 5.69 Å². The van der Waals surface area contributed by atoms with Crippen LogP contribution in [0.1, 0.15) is 19.4 Å². The largest absolute Gasteiger partial charge is 0.506 e. The Labute approximate surface area is 194 Å². The second-order valence-electron chi connectivity index (χ2n) is 8.95. The monoisotopic (exact) mass is 445 g/mol. The van der Waals surface area contributed by atoms with Gasteiger partial charge in [0, 0.05) is 26.2 Å². The highest BCUT2D eigenvalue weighted by molar-refractivity contribution is 5.90. The third-order valence-electron chi connectivity index (χ3n) is 6.24. The van der Waals surface area contributed by atoms with Crippen molar-refractivity contribution in [3.05, 3.63) is 72.3 Å². The smallest absolute Gasteiger partial charge is 0.245 e. The van der Waals surface area contributed by atoms with Crippen molar-refractivity contribution in [2.45, 2.75) is 26.3 Å². The molecule has 3 aromatic rings. The van der Waals surface area contributed by atoms with E-state index in [1.165, 1.54) is 0 Å². The van der Waals surface area contributed by atoms with Crippen LogP contribution in [0.15, 0.2) is 66.7 Å². The number of rotatable bonds is 6. The Kier molecular flexibility index (Phi) is 6.82. The molecule has 2 amide bonds. The van der Waals surface area contributed by atoms with Gasteiger partial charge in [0.05, 0.1) is 12.1 Å². The number of carbonyl (C=O) groups excluding carboxylic acids is 2. The van der Waals surface area contributed by atoms with E-state index in [-0.39, 0.29) is 29.9 Å². The minimum absolute atomic E-state index is 0.0192. The van der Waals surface area contributed by atoms with Crippen LogP contribution in [0.3, 0.4) is 0 Å². The summed E-state index contributed by atoms with van der Waals surface area (Å²) in [4.78, 5) is 30.0. The van der Waals surface area contributed by atoms with Gasteiger partial charge in [0.25, 0.3) is 0 Å². The molecular formula is C27H31N3O3. The number of phenolic OH excluding ortho intramolecular Hbond substituents is 1. The first-order valence-electron chi connectivity index (χ1n) is 11.5. The standard InChI is InChI=1S/C27H31N3O3/c1-19(2)26(28-25(32)18-20-11-12-21-7-3-4-8-22(21)17-20)27(33)30-15-13-29(14-16-30)23-9-5-6-10-24(23)31/h3-12,17,19,26,31H,13-16,18H2,1-2H3,(H,28,32). The molecule has 1 aliphatic heterocycles. The molecule has 1 fully saturated rings. The van der Waals surface area contributed by atoms with Crippen LogP contribution in [-0.2, 0) is 16.0 Å². The minimum atomic E-state index is -0.561. The van der Waals surface area contributed by atoms with Crippen molar-refractivity contribution in [2.24, 2.45) is 5.92 Å². The lowest BCUT2D eigenvalue weighted by Crippen LogP contribution is -2.56. The van der Waals surface area contributed by atoms with Crippen LogP contribution < -0.4 is 10.2 Å². The summed E-state index contributed by atoms with van der Waals surface area (Å²) < 4.78 is 0. The Hall–Kier alpha value is -3.54. The fraction of sp³-hybridized carbons (Fsp3) is 0.333. The lowest BCUT2D eigenvalue weighted by Gasteiger charge is -2.38. The van der Waals surface area contributed by atoms with Gasteiger partial charge in [0.1, 0.15) is 11.8 Å². The summed E-state index contributed by atoms with van der Waals surface area (Å²) in [7, 11) is 0. The summed E-state index contributed by atoms with van der Waals surface area (Å²) in [5, 5.41) is 15.3. The number of piperazine rings is 1. The molecule has 6 heteroatoms. The quantitative estimate of drug-likeness (QED) is 0.608. The summed E-state index contributed by atoms with van der Waals surface area (Å²) in [6.07, 6.45) is 0.238. The van der Waals surface area contributed by atoms with Crippen molar-refractivity contribution >= 4 is 28.3 Å². The van der Waals surface area contributed by atoms with E-state index in [4.69, 9.17) is 0 Å². The van der Waals surface area contributed by atoms with E-state index < -0.39 is 6.04 Å². The first-order chi connectivity index (χ1) is 15.9. The van der Waals surface area contributed by atoms with Gasteiger partial charge in [-0.05, 0) is 34.4 Å². The molecule has 0 aliphatic carbocycles. The zero-order chi connectivity index (χ0) is 23.4. The fourth-order valence-electron chi connectivity index (χ4n) is 4.37. The molecule has 0 saturated carbocycles. The average Bonchev–Trinajstić information content (AvgIpc) is 2.82. The van der Waals surface area contributed by atoms with E-state index in [2.05, 4.69) is 10.2 Å². The van der Waals surface area contributed by atoms with Crippen molar-refractivity contribution in [3.8, 4) is 5.75 Å². The first-order valence-corrected chi connectivity index (χ1v) is 11.5. The number of nitrogens with zero attached hydrogens (tertiary/aromatic N) is 2. The predicted octanol–water partition coefficient (Wildman–Crippen LogP) is 3.58. The fourth-order valence-corrected chi connectivity index (χ4v) is 4.37. The van der Waals surface area contributed by atoms with Gasteiger partial charge in [-0.25, -0.2) is 0 Å².